The van der Waals surface area contributed by atoms with Crippen LogP contribution in [-0.4, -0.2) is 24.1 Å². The maximum absolute atomic E-state index is 13.3. The maximum atomic E-state index is 13.3. The Morgan fingerprint density at radius 3 is 1.88 bits per heavy atom. The van der Waals surface area contributed by atoms with Gasteiger partial charge in [0.15, 0.2) is 0 Å². The van der Waals surface area contributed by atoms with Crippen molar-refractivity contribution >= 4 is 33.5 Å². The van der Waals surface area contributed by atoms with Crippen molar-refractivity contribution in [3.8, 4) is 0 Å². The molecule has 0 N–H and O–H groups in total. The largest absolute Gasteiger partial charge is 0.455 e. The minimum Gasteiger partial charge on any atom is -0.455 e. The van der Waals surface area contributed by atoms with Crippen LogP contribution in [0.2, 0.25) is 0 Å². The van der Waals surface area contributed by atoms with Crippen LogP contribution in [0.4, 0.5) is 0 Å². The van der Waals surface area contributed by atoms with Crippen LogP contribution < -0.4 is 0 Å². The second-order valence-corrected chi connectivity index (χ2v) is 11.5. The summed E-state index contributed by atoms with van der Waals surface area (Å²) in [5.41, 5.74) is 3.77. The van der Waals surface area contributed by atoms with E-state index in [0.717, 1.165) is 12.8 Å². The first kappa shape index (κ1) is 23.4. The van der Waals surface area contributed by atoms with E-state index in [1.54, 1.807) is 24.3 Å². The van der Waals surface area contributed by atoms with E-state index in [4.69, 9.17) is 9.47 Å². The van der Waals surface area contributed by atoms with Crippen LogP contribution in [0.5, 0.6) is 0 Å². The van der Waals surface area contributed by atoms with Gasteiger partial charge in [-0.25, -0.2) is 9.59 Å². The Balaban J connectivity index is 1.17. The molecule has 40 heavy (non-hydrogen) atoms. The molecule has 6 atom stereocenters. The molecule has 4 nitrogen and oxygen atoms in total. The van der Waals surface area contributed by atoms with Gasteiger partial charge >= 0.3 is 11.9 Å². The van der Waals surface area contributed by atoms with Crippen LogP contribution in [0.15, 0.2) is 109 Å². The smallest absolute Gasteiger partial charge is 0.338 e. The van der Waals surface area contributed by atoms with Crippen LogP contribution in [0, 0.1) is 17.8 Å². The molecule has 0 heterocycles. The van der Waals surface area contributed by atoms with Crippen molar-refractivity contribution in [3.63, 3.8) is 0 Å². The van der Waals surface area contributed by atoms with E-state index >= 15 is 0 Å². The van der Waals surface area contributed by atoms with E-state index in [1.807, 2.05) is 36.4 Å². The normalized spacial score (nSPS) is 26.0. The third kappa shape index (κ3) is 3.59. The molecule has 0 spiro atoms. The predicted octanol–water partition coefficient (Wildman–Crippen LogP) is 7.35. The number of benzene rings is 5. The molecular formula is C36H28O4. The lowest BCUT2D eigenvalue weighted by Crippen LogP contribution is -2.45. The first-order chi connectivity index (χ1) is 19.7. The van der Waals surface area contributed by atoms with Gasteiger partial charge in [0, 0.05) is 11.8 Å². The van der Waals surface area contributed by atoms with E-state index in [2.05, 4.69) is 48.5 Å². The molecule has 4 heteroatoms. The third-order valence-electron chi connectivity index (χ3n) is 9.51. The Hall–Kier alpha value is -4.44. The molecule has 3 aliphatic carbocycles. The van der Waals surface area contributed by atoms with Gasteiger partial charge in [0.1, 0.15) is 12.2 Å². The van der Waals surface area contributed by atoms with E-state index in [0.29, 0.717) is 17.0 Å². The SMILES string of the molecule is O=C(OC1C2CC(C1OC(=O)c1ccccc1)C1c3cc4ccc5ccccc5c4cc3CC21)c1ccccc1. The third-order valence-corrected chi connectivity index (χ3v) is 9.51. The summed E-state index contributed by atoms with van der Waals surface area (Å²) < 4.78 is 12.4. The van der Waals surface area contributed by atoms with Crippen molar-refractivity contribution in [1.29, 1.82) is 0 Å². The lowest BCUT2D eigenvalue weighted by Gasteiger charge is -2.37. The van der Waals surface area contributed by atoms with Crippen LogP contribution >= 0.6 is 0 Å². The number of rotatable bonds is 4. The second kappa shape index (κ2) is 9.06. The molecule has 0 aromatic heterocycles. The van der Waals surface area contributed by atoms with Crippen LogP contribution in [0.1, 0.15) is 44.2 Å². The second-order valence-electron chi connectivity index (χ2n) is 11.5. The molecule has 3 aliphatic rings. The Morgan fingerprint density at radius 2 is 1.18 bits per heavy atom. The minimum atomic E-state index is -0.482. The summed E-state index contributed by atoms with van der Waals surface area (Å²) >= 11 is 0. The Kier molecular flexibility index (Phi) is 5.31. The zero-order valence-electron chi connectivity index (χ0n) is 21.9. The van der Waals surface area contributed by atoms with E-state index < -0.39 is 12.2 Å². The summed E-state index contributed by atoms with van der Waals surface area (Å²) in [6.45, 7) is 0. The average molecular weight is 525 g/mol. The van der Waals surface area contributed by atoms with Gasteiger partial charge in [0.05, 0.1) is 11.1 Å². The standard InChI is InChI=1S/C36H28O4/c37-35(22-10-3-1-4-11-22)39-33-30-20-31(34(33)40-36(38)23-12-5-2-6-13-23)32-28-17-24-16-15-21-9-7-8-14-26(21)27(24)18-25(28)19-29(30)32/h1-18,29-34H,19-20H2. The maximum Gasteiger partial charge on any atom is 0.338 e. The summed E-state index contributed by atoms with van der Waals surface area (Å²) in [5, 5.41) is 5.04. The minimum absolute atomic E-state index is 0.107. The fourth-order valence-corrected chi connectivity index (χ4v) is 7.86. The first-order valence-corrected chi connectivity index (χ1v) is 14.1. The van der Waals surface area contributed by atoms with Gasteiger partial charge < -0.3 is 9.47 Å². The van der Waals surface area contributed by atoms with E-state index in [9.17, 15) is 9.59 Å². The molecule has 5 aromatic rings. The lowest BCUT2D eigenvalue weighted by molar-refractivity contribution is -0.0698. The number of ether oxygens (including phenoxy) is 2. The topological polar surface area (TPSA) is 52.6 Å². The van der Waals surface area contributed by atoms with E-state index in [-0.39, 0.29) is 29.7 Å². The monoisotopic (exact) mass is 524 g/mol. The Morgan fingerprint density at radius 1 is 0.575 bits per heavy atom. The molecule has 6 unspecified atom stereocenters. The number of fused-ring (bicyclic) bond motifs is 10. The molecule has 0 aliphatic heterocycles. The fraction of sp³-hybridized carbons (Fsp3) is 0.222. The van der Waals surface area contributed by atoms with E-state index in [1.165, 1.54) is 32.7 Å². The summed E-state index contributed by atoms with van der Waals surface area (Å²) in [6.07, 6.45) is 0.907. The number of esters is 2. The number of carbonyl (C=O) groups excluding carboxylic acids is 2. The van der Waals surface area contributed by atoms with Crippen LogP contribution in [-0.2, 0) is 15.9 Å². The molecular weight excluding hydrogens is 496 g/mol. The van der Waals surface area contributed by atoms with Crippen molar-refractivity contribution in [1.82, 2.24) is 0 Å². The average Bonchev–Trinajstić information content (AvgIpc) is 3.66. The zero-order valence-corrected chi connectivity index (χ0v) is 21.9. The molecule has 0 amide bonds. The highest BCUT2D eigenvalue weighted by Gasteiger charge is 2.63. The van der Waals surface area contributed by atoms with Gasteiger partial charge in [0.25, 0.3) is 0 Å². The summed E-state index contributed by atoms with van der Waals surface area (Å²) in [7, 11) is 0. The molecule has 5 aromatic carbocycles. The molecule has 0 saturated heterocycles. The van der Waals surface area contributed by atoms with Gasteiger partial charge in [-0.3, -0.25) is 0 Å². The fourth-order valence-electron chi connectivity index (χ4n) is 7.86. The molecule has 2 fully saturated rings. The quantitative estimate of drug-likeness (QED) is 0.182. The van der Waals surface area contributed by atoms with Gasteiger partial charge in [0.2, 0.25) is 0 Å². The molecule has 8 rings (SSSR count). The van der Waals surface area contributed by atoms with Gasteiger partial charge in [-0.2, -0.15) is 0 Å². The highest BCUT2D eigenvalue weighted by atomic mass is 16.6. The highest BCUT2D eigenvalue weighted by molar-refractivity contribution is 6.08. The van der Waals surface area contributed by atoms with Crippen molar-refractivity contribution in [2.45, 2.75) is 31.0 Å². The van der Waals surface area contributed by atoms with Crippen LogP contribution in [0.3, 0.4) is 0 Å². The number of carbonyl (C=O) groups is 2. The van der Waals surface area contributed by atoms with Crippen molar-refractivity contribution < 1.29 is 19.1 Å². The predicted molar refractivity (Wildman–Crippen MR) is 154 cm³/mol. The summed E-state index contributed by atoms with van der Waals surface area (Å²) in [5.74, 6) is 0.181. The first-order valence-electron chi connectivity index (χ1n) is 14.1. The Bertz CT molecular complexity index is 1780. The Labute approximate surface area is 232 Å². The number of hydrogen-bond acceptors (Lipinski definition) is 4. The molecule has 2 bridgehead atoms. The van der Waals surface area contributed by atoms with Crippen molar-refractivity contribution in [3.05, 3.63) is 131 Å². The van der Waals surface area contributed by atoms with Gasteiger partial charge in [-0.1, -0.05) is 84.9 Å². The van der Waals surface area contributed by atoms with Gasteiger partial charge in [-0.15, -0.1) is 0 Å². The lowest BCUT2D eigenvalue weighted by atomic mass is 9.76. The number of hydrogen-bond donors (Lipinski definition) is 0. The van der Waals surface area contributed by atoms with Crippen LogP contribution in [0.25, 0.3) is 21.5 Å². The van der Waals surface area contributed by atoms with Crippen molar-refractivity contribution in [2.24, 2.45) is 17.8 Å². The zero-order chi connectivity index (χ0) is 26.8. The molecule has 196 valence electrons. The molecule has 2 saturated carbocycles. The molecule has 0 radical (unpaired) electrons. The van der Waals surface area contributed by atoms with Crippen molar-refractivity contribution in [2.75, 3.05) is 0 Å². The summed E-state index contributed by atoms with van der Waals surface area (Å²) in [4.78, 5) is 26.5. The summed E-state index contributed by atoms with van der Waals surface area (Å²) in [6, 6.07) is 35.9. The van der Waals surface area contributed by atoms with Gasteiger partial charge in [-0.05, 0) is 81.6 Å². The highest BCUT2D eigenvalue weighted by Crippen LogP contribution is 2.63.